The molecule has 9 heavy (non-hydrogen) atoms. The van der Waals surface area contributed by atoms with Gasteiger partial charge < -0.3 is 10.4 Å². The topological polar surface area (TPSA) is 43.4 Å². The molecule has 0 aliphatic carbocycles. The van der Waals surface area contributed by atoms with Gasteiger partial charge in [-0.25, -0.2) is 0 Å². The number of carbonyl (C=O) groups excluding carboxylic acids is 2. The molecule has 0 aromatic rings. The number of esters is 2. The van der Waals surface area contributed by atoms with Gasteiger partial charge in [-0.15, -0.1) is 0 Å². The molecule has 0 N–H and O–H groups in total. The molecule has 0 atom stereocenters. The molecule has 0 aliphatic heterocycles. The van der Waals surface area contributed by atoms with Crippen LogP contribution < -0.4 is 0 Å². The Morgan fingerprint density at radius 3 is 1.33 bits per heavy atom. The van der Waals surface area contributed by atoms with Crippen molar-refractivity contribution >= 4 is 87.4 Å². The third-order valence-electron chi connectivity index (χ3n) is 0.287. The van der Waals surface area contributed by atoms with E-state index in [4.69, 9.17) is 0 Å². The first-order valence-corrected chi connectivity index (χ1v) is 1.82. The Morgan fingerprint density at radius 1 is 1.11 bits per heavy atom. The normalized spacial score (nSPS) is 6.00. The number of hydrogen-bond donors (Lipinski definition) is 0. The van der Waals surface area contributed by atoms with Crippen LogP contribution in [0.25, 0.3) is 0 Å². The van der Waals surface area contributed by atoms with Gasteiger partial charge in [-0.2, -0.15) is 0 Å². The predicted octanol–water partition coefficient (Wildman–Crippen LogP) is -0.216. The molecule has 0 saturated carbocycles. The van der Waals surface area contributed by atoms with Gasteiger partial charge in [0.2, 0.25) is 0 Å². The number of ether oxygens (including phenoxy) is 1. The van der Waals surface area contributed by atoms with E-state index in [1.54, 1.807) is 0 Å². The minimum Gasteiger partial charge on any atom is -1.00 e. The van der Waals surface area contributed by atoms with E-state index in [-0.39, 0.29) is 81.2 Å². The molecular weight excluding hydrogens is 176 g/mol. The van der Waals surface area contributed by atoms with Crippen molar-refractivity contribution in [1.29, 1.82) is 0 Å². The number of carbonyl (C=O) groups is 2. The third kappa shape index (κ3) is 17.7. The molecule has 0 aliphatic rings. The van der Waals surface area contributed by atoms with Crippen LogP contribution in [0.5, 0.6) is 0 Å². The second-order valence-electron chi connectivity index (χ2n) is 1.09. The van der Waals surface area contributed by atoms with Gasteiger partial charge in [0.15, 0.2) is 0 Å². The number of rotatable bonds is 0. The van der Waals surface area contributed by atoms with E-state index in [0.29, 0.717) is 0 Å². The quantitative estimate of drug-likeness (QED) is 0.298. The molecule has 3 nitrogen and oxygen atoms in total. The van der Waals surface area contributed by atoms with Crippen molar-refractivity contribution in [2.45, 2.75) is 13.8 Å². The maximum Gasteiger partial charge on any atom is 2.00 e. The second kappa shape index (κ2) is 9.66. The first-order valence-electron chi connectivity index (χ1n) is 1.82. The van der Waals surface area contributed by atoms with E-state index < -0.39 is 11.9 Å². The molecule has 0 fully saturated rings. The molecule has 0 saturated heterocycles. The van der Waals surface area contributed by atoms with E-state index in [0.717, 1.165) is 0 Å². The first kappa shape index (κ1) is 17.0. The fourth-order valence-electron chi connectivity index (χ4n) is 0.202. The summed E-state index contributed by atoms with van der Waals surface area (Å²) in [5.74, 6) is -1.12. The van der Waals surface area contributed by atoms with E-state index in [1.165, 1.54) is 13.8 Å². The summed E-state index contributed by atoms with van der Waals surface area (Å²) in [6.45, 7) is 2.36. The van der Waals surface area contributed by atoms with Gasteiger partial charge in [0.05, 0.1) is 0 Å². The SMILES string of the molecule is CC(=O)OC(C)=O.[Ca+2].[Ca+2].[H-].[H-].[H-].[H-]. The molecule has 0 heterocycles. The minimum absolute atomic E-state index is 0. The fourth-order valence-corrected chi connectivity index (χ4v) is 0.202. The zero-order valence-electron chi connectivity index (χ0n) is 9.64. The molecule has 0 aromatic carbocycles. The van der Waals surface area contributed by atoms with Gasteiger partial charge in [0, 0.05) is 13.8 Å². The van der Waals surface area contributed by atoms with Crippen LogP contribution >= 0.6 is 0 Å². The molecule has 0 rings (SSSR count). The summed E-state index contributed by atoms with van der Waals surface area (Å²) in [5.41, 5.74) is 0. The molecular formula is C4H10Ca2O3. The molecule has 0 aromatic heterocycles. The van der Waals surface area contributed by atoms with Gasteiger partial charge >= 0.3 is 87.4 Å². The summed E-state index contributed by atoms with van der Waals surface area (Å²) in [7, 11) is 0. The van der Waals surface area contributed by atoms with Crippen molar-refractivity contribution in [3.05, 3.63) is 0 Å². The molecule has 0 amide bonds. The Labute approximate surface area is 119 Å². The van der Waals surface area contributed by atoms with Crippen molar-refractivity contribution in [1.82, 2.24) is 0 Å². The van der Waals surface area contributed by atoms with Crippen LogP contribution in [0.4, 0.5) is 0 Å². The summed E-state index contributed by atoms with van der Waals surface area (Å²) in [6, 6.07) is 0. The van der Waals surface area contributed by atoms with Crippen molar-refractivity contribution in [3.8, 4) is 0 Å². The van der Waals surface area contributed by atoms with Crippen LogP contribution in [0.3, 0.4) is 0 Å². The first-order chi connectivity index (χ1) is 3.13. The monoisotopic (exact) mass is 186 g/mol. The summed E-state index contributed by atoms with van der Waals surface area (Å²) in [6.07, 6.45) is 0. The average Bonchev–Trinajstić information content (AvgIpc) is 1.27. The van der Waals surface area contributed by atoms with Crippen LogP contribution in [-0.2, 0) is 14.3 Å². The standard InChI is InChI=1S/C4H6O3.2Ca.4H/c1-3(5)7-4(2)6;;;;;;/h1-2H3;;;;;;/q;2*+2;4*-1. The number of hydrogen-bond acceptors (Lipinski definition) is 3. The maximum absolute atomic E-state index is 9.81. The second-order valence-corrected chi connectivity index (χ2v) is 1.09. The maximum atomic E-state index is 9.81. The summed E-state index contributed by atoms with van der Waals surface area (Å²) >= 11 is 0. The molecule has 5 heteroatoms. The van der Waals surface area contributed by atoms with E-state index >= 15 is 0 Å². The smallest absolute Gasteiger partial charge is 1.00 e. The van der Waals surface area contributed by atoms with Crippen LogP contribution in [-0.4, -0.2) is 87.4 Å². The van der Waals surface area contributed by atoms with Crippen LogP contribution in [0, 0.1) is 0 Å². The molecule has 0 radical (unpaired) electrons. The van der Waals surface area contributed by atoms with Gasteiger partial charge in [-0.1, -0.05) is 0 Å². The van der Waals surface area contributed by atoms with Crippen molar-refractivity contribution in [3.63, 3.8) is 0 Å². The van der Waals surface area contributed by atoms with Crippen LogP contribution in [0.15, 0.2) is 0 Å². The van der Waals surface area contributed by atoms with Gasteiger partial charge in [-0.05, 0) is 0 Å². The predicted molar refractivity (Wildman–Crippen MR) is 38.4 cm³/mol. The average molecular weight is 186 g/mol. The largest absolute Gasteiger partial charge is 2.00 e. The van der Waals surface area contributed by atoms with Gasteiger partial charge in [-0.3, -0.25) is 9.59 Å². The summed E-state index contributed by atoms with van der Waals surface area (Å²) in [5, 5.41) is 0. The molecule has 0 bridgehead atoms. The zero-order chi connectivity index (χ0) is 5.86. The van der Waals surface area contributed by atoms with E-state index in [2.05, 4.69) is 4.74 Å². The third-order valence-corrected chi connectivity index (χ3v) is 0.287. The van der Waals surface area contributed by atoms with Crippen molar-refractivity contribution in [2.75, 3.05) is 0 Å². The van der Waals surface area contributed by atoms with Crippen molar-refractivity contribution in [2.24, 2.45) is 0 Å². The Balaban J connectivity index is -0.0000000120. The van der Waals surface area contributed by atoms with E-state index in [1.807, 2.05) is 0 Å². The van der Waals surface area contributed by atoms with Gasteiger partial charge in [0.1, 0.15) is 0 Å². The molecule has 48 valence electrons. The summed E-state index contributed by atoms with van der Waals surface area (Å²) in [4.78, 5) is 19.6. The van der Waals surface area contributed by atoms with E-state index in [9.17, 15) is 9.59 Å². The summed E-state index contributed by atoms with van der Waals surface area (Å²) < 4.78 is 3.97. The minimum atomic E-state index is -0.562. The Kier molecular flexibility index (Phi) is 18.2. The van der Waals surface area contributed by atoms with Crippen LogP contribution in [0.1, 0.15) is 19.6 Å². The Hall–Kier alpha value is 1.66. The zero-order valence-corrected chi connectivity index (χ0v) is 10.1. The molecule has 0 unspecified atom stereocenters. The fraction of sp³-hybridized carbons (Fsp3) is 0.500. The van der Waals surface area contributed by atoms with Crippen molar-refractivity contribution < 1.29 is 20.0 Å². The van der Waals surface area contributed by atoms with Crippen LogP contribution in [0.2, 0.25) is 0 Å². The Bertz CT molecular complexity index is 102. The van der Waals surface area contributed by atoms with Gasteiger partial charge in [0.25, 0.3) is 0 Å². The Morgan fingerprint density at radius 2 is 1.33 bits per heavy atom. The molecule has 0 spiro atoms.